The van der Waals surface area contributed by atoms with Gasteiger partial charge in [0.15, 0.2) is 0 Å². The highest BCUT2D eigenvalue weighted by Gasteiger charge is 2.60. The molecule has 1 N–H and O–H groups in total. The summed E-state index contributed by atoms with van der Waals surface area (Å²) in [6.07, 6.45) is 14.1. The summed E-state index contributed by atoms with van der Waals surface area (Å²) < 4.78 is 0. The molecule has 8 atom stereocenters. The second-order valence-corrected chi connectivity index (χ2v) is 10.6. The maximum absolute atomic E-state index is 12.3. The first-order valence-corrected chi connectivity index (χ1v) is 11.2. The van der Waals surface area contributed by atoms with Gasteiger partial charge in [-0.1, -0.05) is 19.9 Å². The lowest BCUT2D eigenvalue weighted by molar-refractivity contribution is -0.134. The molecule has 0 radical (unpaired) electrons. The standard InChI is InChI=1S/C24H39NO/c1-5-14-25-18-10-12-23(3)17(15-18)6-7-19-21-9-8-20(16(2)26)24(21,4)13-11-22(19)23/h5,17-22,25H,1,6-15H2,2-4H3/t17-,18+,19?,20+,21?,22?,23-,24+/m0/s1. The van der Waals surface area contributed by atoms with Crippen molar-refractivity contribution in [2.45, 2.75) is 84.6 Å². The van der Waals surface area contributed by atoms with E-state index in [9.17, 15) is 4.79 Å². The van der Waals surface area contributed by atoms with Gasteiger partial charge in [-0.15, -0.1) is 6.58 Å². The molecule has 26 heavy (non-hydrogen) atoms. The van der Waals surface area contributed by atoms with Crippen molar-refractivity contribution in [2.24, 2.45) is 40.4 Å². The molecule has 4 saturated carbocycles. The first-order chi connectivity index (χ1) is 12.4. The fraction of sp³-hybridized carbons (Fsp3) is 0.875. The number of ketones is 1. The zero-order valence-electron chi connectivity index (χ0n) is 17.2. The summed E-state index contributed by atoms with van der Waals surface area (Å²) in [5.74, 6) is 4.31. The fourth-order valence-corrected chi connectivity index (χ4v) is 8.36. The van der Waals surface area contributed by atoms with Crippen molar-refractivity contribution < 1.29 is 4.79 Å². The maximum atomic E-state index is 12.3. The van der Waals surface area contributed by atoms with E-state index in [4.69, 9.17) is 0 Å². The van der Waals surface area contributed by atoms with Gasteiger partial charge in [-0.05, 0) is 99.2 Å². The van der Waals surface area contributed by atoms with Crippen LogP contribution in [0.3, 0.4) is 0 Å². The van der Waals surface area contributed by atoms with Gasteiger partial charge in [0.25, 0.3) is 0 Å². The van der Waals surface area contributed by atoms with Crippen LogP contribution in [0.5, 0.6) is 0 Å². The minimum Gasteiger partial charge on any atom is -0.311 e. The summed E-state index contributed by atoms with van der Waals surface area (Å²) in [6, 6.07) is 0.699. The minimum absolute atomic E-state index is 0.304. The van der Waals surface area contributed by atoms with Crippen LogP contribution in [0.1, 0.15) is 78.6 Å². The third kappa shape index (κ3) is 2.74. The summed E-state index contributed by atoms with van der Waals surface area (Å²) in [7, 11) is 0. The van der Waals surface area contributed by atoms with Crippen LogP contribution in [0.2, 0.25) is 0 Å². The fourth-order valence-electron chi connectivity index (χ4n) is 8.36. The Labute approximate surface area is 160 Å². The number of Topliss-reactive ketones (excluding diaryl/α,β-unsaturated/α-hetero) is 1. The maximum Gasteiger partial charge on any atom is 0.133 e. The van der Waals surface area contributed by atoms with Gasteiger partial charge in [-0.3, -0.25) is 4.79 Å². The quantitative estimate of drug-likeness (QED) is 0.685. The van der Waals surface area contributed by atoms with Crippen LogP contribution in [-0.2, 0) is 4.79 Å². The molecule has 0 aromatic carbocycles. The van der Waals surface area contributed by atoms with Crippen molar-refractivity contribution >= 4 is 5.78 Å². The molecule has 0 bridgehead atoms. The van der Waals surface area contributed by atoms with Crippen molar-refractivity contribution in [3.8, 4) is 0 Å². The predicted octanol–water partition coefficient (Wildman–Crippen LogP) is 5.38. The smallest absolute Gasteiger partial charge is 0.133 e. The van der Waals surface area contributed by atoms with Crippen molar-refractivity contribution in [3.63, 3.8) is 0 Å². The van der Waals surface area contributed by atoms with Gasteiger partial charge in [-0.25, -0.2) is 0 Å². The topological polar surface area (TPSA) is 29.1 Å². The van der Waals surface area contributed by atoms with E-state index in [2.05, 4.69) is 25.7 Å². The molecule has 3 unspecified atom stereocenters. The van der Waals surface area contributed by atoms with Crippen LogP contribution >= 0.6 is 0 Å². The number of carbonyl (C=O) groups excluding carboxylic acids is 1. The molecule has 4 aliphatic rings. The van der Waals surface area contributed by atoms with Crippen LogP contribution < -0.4 is 5.32 Å². The Kier molecular flexibility index (Phi) is 4.87. The molecule has 0 saturated heterocycles. The molecule has 0 heterocycles. The van der Waals surface area contributed by atoms with Gasteiger partial charge < -0.3 is 5.32 Å². The third-order valence-electron chi connectivity index (χ3n) is 9.71. The van der Waals surface area contributed by atoms with E-state index >= 15 is 0 Å². The van der Waals surface area contributed by atoms with Gasteiger partial charge in [-0.2, -0.15) is 0 Å². The number of hydrogen-bond donors (Lipinski definition) is 1. The van der Waals surface area contributed by atoms with E-state index in [0.717, 1.165) is 36.6 Å². The van der Waals surface area contributed by atoms with Crippen LogP contribution in [0.25, 0.3) is 0 Å². The van der Waals surface area contributed by atoms with Crippen molar-refractivity contribution in [2.75, 3.05) is 6.54 Å². The molecule has 2 nitrogen and oxygen atoms in total. The molecule has 4 rings (SSSR count). The predicted molar refractivity (Wildman–Crippen MR) is 108 cm³/mol. The molecule has 0 spiro atoms. The summed E-state index contributed by atoms with van der Waals surface area (Å²) in [6.45, 7) is 11.8. The number of fused-ring (bicyclic) bond motifs is 5. The number of nitrogens with one attached hydrogen (secondary N) is 1. The third-order valence-corrected chi connectivity index (χ3v) is 9.71. The lowest BCUT2D eigenvalue weighted by Gasteiger charge is -2.61. The number of carbonyl (C=O) groups is 1. The van der Waals surface area contributed by atoms with Crippen molar-refractivity contribution in [1.82, 2.24) is 5.32 Å². The monoisotopic (exact) mass is 357 g/mol. The Morgan fingerprint density at radius 3 is 2.50 bits per heavy atom. The molecular formula is C24H39NO. The number of hydrogen-bond acceptors (Lipinski definition) is 2. The lowest BCUT2D eigenvalue weighted by Crippen LogP contribution is -2.55. The zero-order valence-corrected chi connectivity index (χ0v) is 17.2. The number of rotatable bonds is 4. The zero-order chi connectivity index (χ0) is 18.5. The van der Waals surface area contributed by atoms with E-state index in [1.54, 1.807) is 0 Å². The second kappa shape index (κ2) is 6.76. The molecule has 0 aliphatic heterocycles. The summed E-state index contributed by atoms with van der Waals surface area (Å²) in [4.78, 5) is 12.3. The van der Waals surface area contributed by atoms with Crippen LogP contribution in [0, 0.1) is 40.4 Å². The Morgan fingerprint density at radius 1 is 1.04 bits per heavy atom. The van der Waals surface area contributed by atoms with E-state index in [1.807, 2.05) is 13.0 Å². The normalized spacial score (nSPS) is 50.4. The van der Waals surface area contributed by atoms with Gasteiger partial charge >= 0.3 is 0 Å². The Morgan fingerprint density at radius 2 is 1.77 bits per heavy atom. The van der Waals surface area contributed by atoms with E-state index in [0.29, 0.717) is 28.6 Å². The van der Waals surface area contributed by atoms with Gasteiger partial charge in [0.1, 0.15) is 5.78 Å². The summed E-state index contributed by atoms with van der Waals surface area (Å²) in [5, 5.41) is 3.70. The largest absolute Gasteiger partial charge is 0.311 e. The molecule has 4 fully saturated rings. The first kappa shape index (κ1) is 18.7. The average molecular weight is 358 g/mol. The lowest BCUT2D eigenvalue weighted by atomic mass is 9.44. The van der Waals surface area contributed by atoms with Crippen LogP contribution in [0.4, 0.5) is 0 Å². The Bertz CT molecular complexity index is 571. The molecule has 0 amide bonds. The van der Waals surface area contributed by atoms with Gasteiger partial charge in [0.2, 0.25) is 0 Å². The Balaban J connectivity index is 1.52. The second-order valence-electron chi connectivity index (χ2n) is 10.6. The average Bonchev–Trinajstić information content (AvgIpc) is 2.97. The SMILES string of the molecule is C=CCN[C@@H]1CC[C@]2(C)C3CC[C@@]4(C)C(CC[C@@H]4C(C)=O)C3CC[C@H]2C1. The van der Waals surface area contributed by atoms with Crippen LogP contribution in [-0.4, -0.2) is 18.4 Å². The molecular weight excluding hydrogens is 318 g/mol. The first-order valence-electron chi connectivity index (χ1n) is 11.2. The molecule has 0 aromatic heterocycles. The highest BCUT2D eigenvalue weighted by molar-refractivity contribution is 5.79. The Hall–Kier alpha value is -0.630. The summed E-state index contributed by atoms with van der Waals surface area (Å²) in [5.41, 5.74) is 0.851. The van der Waals surface area contributed by atoms with E-state index in [1.165, 1.54) is 51.4 Å². The van der Waals surface area contributed by atoms with E-state index < -0.39 is 0 Å². The van der Waals surface area contributed by atoms with E-state index in [-0.39, 0.29) is 0 Å². The van der Waals surface area contributed by atoms with Crippen molar-refractivity contribution in [1.29, 1.82) is 0 Å². The highest BCUT2D eigenvalue weighted by atomic mass is 16.1. The van der Waals surface area contributed by atoms with Gasteiger partial charge in [0, 0.05) is 18.5 Å². The molecule has 146 valence electrons. The van der Waals surface area contributed by atoms with Gasteiger partial charge in [0.05, 0.1) is 0 Å². The summed E-state index contributed by atoms with van der Waals surface area (Å²) >= 11 is 0. The van der Waals surface area contributed by atoms with Crippen LogP contribution in [0.15, 0.2) is 12.7 Å². The molecule has 2 heteroatoms. The highest BCUT2D eigenvalue weighted by Crippen LogP contribution is 2.67. The minimum atomic E-state index is 0.304. The van der Waals surface area contributed by atoms with Crippen molar-refractivity contribution in [3.05, 3.63) is 12.7 Å². The molecule has 0 aromatic rings. The molecule has 4 aliphatic carbocycles.